The van der Waals surface area contributed by atoms with E-state index in [1.54, 1.807) is 15.8 Å². The highest BCUT2D eigenvalue weighted by Crippen LogP contribution is 2.34. The Morgan fingerprint density at radius 1 is 1.36 bits per heavy atom. The molecule has 0 bridgehead atoms. The smallest absolute Gasteiger partial charge is 0.328 e. The van der Waals surface area contributed by atoms with Gasteiger partial charge in [-0.2, -0.15) is 5.10 Å². The highest BCUT2D eigenvalue weighted by atomic mass is 16.3. The first kappa shape index (κ1) is 22.5. The number of anilines is 3. The van der Waals surface area contributed by atoms with E-state index in [2.05, 4.69) is 43.6 Å². The number of pyridine rings is 2. The number of hydrogen-bond acceptors (Lipinski definition) is 7. The summed E-state index contributed by atoms with van der Waals surface area (Å²) in [4.78, 5) is 34.6. The molecule has 3 aromatic heterocycles. The lowest BCUT2D eigenvalue weighted by molar-refractivity contribution is -0.122. The summed E-state index contributed by atoms with van der Waals surface area (Å²) in [5, 5.41) is 18.7. The lowest BCUT2D eigenvalue weighted by Gasteiger charge is -2.34. The van der Waals surface area contributed by atoms with E-state index in [0.717, 1.165) is 54.0 Å². The second-order valence-electron chi connectivity index (χ2n) is 8.20. The third-order valence-corrected chi connectivity index (χ3v) is 5.82. The van der Waals surface area contributed by atoms with Crippen molar-refractivity contribution in [1.82, 2.24) is 25.1 Å². The van der Waals surface area contributed by atoms with E-state index in [4.69, 9.17) is 9.90 Å². The first-order valence-electron chi connectivity index (χ1n) is 10.8. The van der Waals surface area contributed by atoms with E-state index < -0.39 is 0 Å². The van der Waals surface area contributed by atoms with Crippen molar-refractivity contribution in [1.29, 1.82) is 0 Å². The van der Waals surface area contributed by atoms with Gasteiger partial charge in [0.15, 0.2) is 0 Å². The average molecular weight is 453 g/mol. The summed E-state index contributed by atoms with van der Waals surface area (Å²) < 4.78 is 1.75. The second-order valence-corrected chi connectivity index (χ2v) is 8.20. The van der Waals surface area contributed by atoms with Crippen LogP contribution in [0.3, 0.4) is 0 Å². The van der Waals surface area contributed by atoms with Crippen molar-refractivity contribution < 1.29 is 14.7 Å². The number of nitrogens with one attached hydrogen (secondary N) is 2. The van der Waals surface area contributed by atoms with E-state index in [0.29, 0.717) is 18.4 Å². The summed E-state index contributed by atoms with van der Waals surface area (Å²) in [6.07, 6.45) is 4.53. The minimum atomic E-state index is -0.250. The largest absolute Gasteiger partial charge is 0.483 e. The molecule has 11 nitrogen and oxygen atoms in total. The molecule has 1 atom stereocenters. The van der Waals surface area contributed by atoms with Crippen molar-refractivity contribution in [2.45, 2.75) is 26.3 Å². The molecule has 3 aromatic rings. The molecule has 0 unspecified atom stereocenters. The Morgan fingerprint density at radius 3 is 2.91 bits per heavy atom. The highest BCUT2D eigenvalue weighted by molar-refractivity contribution is 6.03. The van der Waals surface area contributed by atoms with Gasteiger partial charge in [0.25, 0.3) is 6.47 Å². The molecule has 0 spiro atoms. The molecule has 5 heterocycles. The molecule has 1 saturated heterocycles. The van der Waals surface area contributed by atoms with Crippen LogP contribution in [0.5, 0.6) is 0 Å². The van der Waals surface area contributed by atoms with Crippen molar-refractivity contribution >= 4 is 40.7 Å². The molecule has 0 radical (unpaired) electrons. The molecule has 174 valence electrons. The van der Waals surface area contributed by atoms with Crippen LogP contribution in [0.4, 0.5) is 22.1 Å². The van der Waals surface area contributed by atoms with Gasteiger partial charge in [-0.25, -0.2) is 14.8 Å². The summed E-state index contributed by atoms with van der Waals surface area (Å²) in [6.45, 7) is 7.34. The fourth-order valence-corrected chi connectivity index (χ4v) is 4.47. The van der Waals surface area contributed by atoms with E-state index in [9.17, 15) is 4.79 Å². The maximum atomic E-state index is 13.1. The lowest BCUT2D eigenvalue weighted by atomic mass is 10.1. The molecule has 0 aromatic carbocycles. The second kappa shape index (κ2) is 9.41. The Kier molecular flexibility index (Phi) is 6.40. The summed E-state index contributed by atoms with van der Waals surface area (Å²) in [6, 6.07) is 4.16. The molecule has 5 rings (SSSR count). The zero-order valence-corrected chi connectivity index (χ0v) is 18.9. The number of carbonyl (C=O) groups is 2. The fraction of sp³-hybridized carbons (Fsp3) is 0.409. The topological polar surface area (TPSA) is 129 Å². The van der Waals surface area contributed by atoms with Gasteiger partial charge in [0.1, 0.15) is 17.2 Å². The minimum absolute atomic E-state index is 0.206. The monoisotopic (exact) mass is 452 g/mol. The van der Waals surface area contributed by atoms with Gasteiger partial charge in [0.05, 0.1) is 5.69 Å². The van der Waals surface area contributed by atoms with E-state index in [1.165, 1.54) is 5.69 Å². The van der Waals surface area contributed by atoms with Crippen LogP contribution in [0.1, 0.15) is 18.2 Å². The molecule has 2 aliphatic rings. The number of rotatable bonds is 2. The quantitative estimate of drug-likeness (QED) is 0.502. The Hall–Kier alpha value is -3.73. The minimum Gasteiger partial charge on any atom is -0.483 e. The van der Waals surface area contributed by atoms with Crippen LogP contribution in [0.15, 0.2) is 24.5 Å². The van der Waals surface area contributed by atoms with Gasteiger partial charge in [-0.3, -0.25) is 19.7 Å². The number of fused-ring (bicyclic) bond motifs is 2. The van der Waals surface area contributed by atoms with Gasteiger partial charge < -0.3 is 15.3 Å². The number of urea groups is 1. The summed E-state index contributed by atoms with van der Waals surface area (Å²) >= 11 is 0. The number of carbonyl (C=O) groups excluding carboxylic acids is 1. The zero-order valence-electron chi connectivity index (χ0n) is 18.9. The number of hydrogen-bond donors (Lipinski definition) is 3. The van der Waals surface area contributed by atoms with Crippen molar-refractivity contribution in [3.05, 3.63) is 35.8 Å². The number of aryl methyl sites for hydroxylation is 2. The fourth-order valence-electron chi connectivity index (χ4n) is 4.47. The molecule has 2 aliphatic heterocycles. The van der Waals surface area contributed by atoms with Crippen LogP contribution in [-0.2, 0) is 18.3 Å². The van der Waals surface area contributed by atoms with Gasteiger partial charge in [-0.15, -0.1) is 0 Å². The van der Waals surface area contributed by atoms with Gasteiger partial charge >= 0.3 is 6.03 Å². The standard InChI is InChI=1S/C21H26N8O.CH2O2/c1-13-11-28(9-7-22-13)17-4-6-23-20-16(17)5-8-29(20)21(30)25-18-10-15-12-27(3)26-19(15)14(2)24-18;2-1-3/h4,6,10,12-13,22H,5,7-9,11H2,1-3H3,(H,25,30);1H,(H,2,3)/t13-;/m1./s1. The molecule has 3 N–H and O–H groups in total. The van der Waals surface area contributed by atoms with Crippen LogP contribution in [-0.4, -0.2) is 69.6 Å². The first-order chi connectivity index (χ1) is 15.9. The molecule has 2 amide bonds. The van der Waals surface area contributed by atoms with Crippen LogP contribution in [0, 0.1) is 6.92 Å². The Labute approximate surface area is 191 Å². The molecule has 0 aliphatic carbocycles. The van der Waals surface area contributed by atoms with Crippen molar-refractivity contribution in [3.63, 3.8) is 0 Å². The normalized spacial score (nSPS) is 17.4. The van der Waals surface area contributed by atoms with Crippen LogP contribution < -0.4 is 20.4 Å². The molecule has 1 fully saturated rings. The number of amides is 2. The van der Waals surface area contributed by atoms with E-state index >= 15 is 0 Å². The van der Waals surface area contributed by atoms with E-state index in [-0.39, 0.29) is 12.5 Å². The van der Waals surface area contributed by atoms with Crippen LogP contribution in [0.25, 0.3) is 10.9 Å². The maximum Gasteiger partial charge on any atom is 0.328 e. The van der Waals surface area contributed by atoms with Crippen molar-refractivity contribution in [2.75, 3.05) is 41.3 Å². The number of nitrogens with zero attached hydrogens (tertiary/aromatic N) is 6. The van der Waals surface area contributed by atoms with Gasteiger partial charge in [-0.05, 0) is 32.4 Å². The Balaban J connectivity index is 0.000000821. The Morgan fingerprint density at radius 2 is 2.15 bits per heavy atom. The summed E-state index contributed by atoms with van der Waals surface area (Å²) in [5.74, 6) is 1.27. The van der Waals surface area contributed by atoms with Crippen molar-refractivity contribution in [3.8, 4) is 0 Å². The molecular formula is C22H28N8O3. The summed E-state index contributed by atoms with van der Waals surface area (Å²) in [5.41, 5.74) is 3.97. The van der Waals surface area contributed by atoms with Crippen LogP contribution >= 0.6 is 0 Å². The predicted molar refractivity (Wildman–Crippen MR) is 126 cm³/mol. The van der Waals surface area contributed by atoms with E-state index in [1.807, 2.05) is 26.2 Å². The number of piperazine rings is 1. The molecule has 0 saturated carbocycles. The molecule has 33 heavy (non-hydrogen) atoms. The third kappa shape index (κ3) is 4.58. The maximum absolute atomic E-state index is 13.1. The predicted octanol–water partition coefficient (Wildman–Crippen LogP) is 1.77. The highest BCUT2D eigenvalue weighted by Gasteiger charge is 2.30. The molecular weight excluding hydrogens is 424 g/mol. The first-order valence-corrected chi connectivity index (χ1v) is 10.8. The molecule has 11 heteroatoms. The van der Waals surface area contributed by atoms with Crippen LogP contribution in [0.2, 0.25) is 0 Å². The third-order valence-electron chi connectivity index (χ3n) is 5.82. The van der Waals surface area contributed by atoms with Gasteiger partial charge in [0, 0.05) is 68.3 Å². The lowest BCUT2D eigenvalue weighted by Crippen LogP contribution is -2.49. The van der Waals surface area contributed by atoms with Crippen molar-refractivity contribution in [2.24, 2.45) is 7.05 Å². The number of aromatic nitrogens is 4. The number of carboxylic acid groups (broad SMARTS) is 1. The Bertz CT molecular complexity index is 1180. The SMILES string of the molecule is Cc1nc(NC(=O)N2CCc3c(N4CCN[C@H](C)C4)ccnc32)cc2cn(C)nc12.O=CO. The van der Waals surface area contributed by atoms with Gasteiger partial charge in [-0.1, -0.05) is 0 Å². The zero-order chi connectivity index (χ0) is 23.5. The average Bonchev–Trinajstić information content (AvgIpc) is 3.37. The van der Waals surface area contributed by atoms with Gasteiger partial charge in [0.2, 0.25) is 0 Å². The summed E-state index contributed by atoms with van der Waals surface area (Å²) in [7, 11) is 1.88.